The van der Waals surface area contributed by atoms with Gasteiger partial charge in [0, 0.05) is 96.7 Å². The molecule has 0 amide bonds. The van der Waals surface area contributed by atoms with Gasteiger partial charge in [0.25, 0.3) is 0 Å². The molecule has 3 aliphatic carbocycles. The van der Waals surface area contributed by atoms with Crippen molar-refractivity contribution >= 4 is 119 Å². The quantitative estimate of drug-likeness (QED) is 0.129. The molecule has 0 radical (unpaired) electrons. The van der Waals surface area contributed by atoms with Gasteiger partial charge < -0.3 is 14.2 Å². The smallest absolute Gasteiger partial charge is 0.137 e. The minimum Gasteiger partial charge on any atom is -0.456 e. The maximum Gasteiger partial charge on any atom is 0.137 e. The fourth-order valence-corrected chi connectivity index (χ4v) is 21.5. The van der Waals surface area contributed by atoms with Gasteiger partial charge in [0.15, 0.2) is 0 Å². The Labute approximate surface area is 659 Å². The van der Waals surface area contributed by atoms with Crippen molar-refractivity contribution in [3.63, 3.8) is 0 Å². The van der Waals surface area contributed by atoms with Gasteiger partial charge in [0.05, 0.1) is 10.8 Å². The van der Waals surface area contributed by atoms with E-state index in [9.17, 15) is 0 Å². The predicted octanol–water partition coefficient (Wildman–Crippen LogP) is 29.6. The Hall–Kier alpha value is -13.4. The zero-order chi connectivity index (χ0) is 74.2. The molecule has 3 nitrogen and oxygen atoms in total. The normalized spacial score (nSPS) is 13.7. The Balaban J connectivity index is 0.000000139. The van der Waals surface area contributed by atoms with E-state index in [0.717, 1.165) is 56.1 Å². The summed E-state index contributed by atoms with van der Waals surface area (Å²) < 4.78 is 11.5. The summed E-state index contributed by atoms with van der Waals surface area (Å²) in [6.07, 6.45) is 0. The molecule has 3 aromatic heterocycles. The molecule has 0 atom stereocenters. The lowest BCUT2D eigenvalue weighted by molar-refractivity contribution is 0.660. The summed E-state index contributed by atoms with van der Waals surface area (Å²) in [6, 6.07) is 148. The van der Waals surface area contributed by atoms with Gasteiger partial charge in [0.2, 0.25) is 0 Å². The molecule has 0 unspecified atom stereocenters. The Kier molecular flexibility index (Phi) is 15.2. The second-order valence-corrected chi connectivity index (χ2v) is 32.7. The first-order valence-corrected chi connectivity index (χ1v) is 40.3. The van der Waals surface area contributed by atoms with E-state index < -0.39 is 10.8 Å². The van der Waals surface area contributed by atoms with E-state index in [4.69, 9.17) is 4.42 Å². The topological polar surface area (TPSA) is 19.6 Å². The molecule has 0 fully saturated rings. The van der Waals surface area contributed by atoms with Crippen LogP contribution in [-0.4, -0.2) is 0 Å². The average molecular weight is 1470 g/mol. The zero-order valence-corrected chi connectivity index (χ0v) is 63.4. The molecule has 0 saturated heterocycles. The number of para-hydroxylation sites is 2. The Morgan fingerprint density at radius 2 is 0.571 bits per heavy atom. The number of benzene rings is 17. The number of nitrogens with zero attached hydrogens (tertiary/aromatic N) is 2. The number of fused-ring (bicyclic) bond motifs is 18. The van der Waals surface area contributed by atoms with E-state index in [-0.39, 0.29) is 5.41 Å². The van der Waals surface area contributed by atoms with E-state index >= 15 is 0 Å². The average Bonchev–Trinajstić information content (AvgIpc) is 1.53. The van der Waals surface area contributed by atoms with Crippen LogP contribution in [-0.2, 0) is 16.2 Å². The highest BCUT2D eigenvalue weighted by molar-refractivity contribution is 7.26. The number of thiophene rings is 2. The van der Waals surface area contributed by atoms with Gasteiger partial charge in [-0.3, -0.25) is 0 Å². The maximum atomic E-state index is 6.34. The number of hydrogen-bond acceptors (Lipinski definition) is 5. The Morgan fingerprint density at radius 1 is 0.214 bits per heavy atom. The molecule has 5 heteroatoms. The molecule has 17 aromatic carbocycles. The Morgan fingerprint density at radius 3 is 1.09 bits per heavy atom. The largest absolute Gasteiger partial charge is 0.456 e. The van der Waals surface area contributed by atoms with Crippen molar-refractivity contribution < 1.29 is 4.42 Å². The van der Waals surface area contributed by atoms with Crippen molar-refractivity contribution in [2.45, 2.75) is 30.1 Å². The molecule has 0 aliphatic heterocycles. The first-order chi connectivity index (χ1) is 55.3. The van der Waals surface area contributed by atoms with Crippen LogP contribution in [0.1, 0.15) is 69.5 Å². The van der Waals surface area contributed by atoms with Crippen LogP contribution >= 0.6 is 22.7 Å². The summed E-state index contributed by atoms with van der Waals surface area (Å²) in [4.78, 5) is 4.78. The van der Waals surface area contributed by atoms with E-state index in [1.165, 1.54) is 140 Å². The fraction of sp³-hybridized carbons (Fsp3) is 0.0467. The lowest BCUT2D eigenvalue weighted by Crippen LogP contribution is -2.28. The molecule has 3 aliphatic rings. The molecule has 528 valence electrons. The van der Waals surface area contributed by atoms with Crippen molar-refractivity contribution in [2.75, 3.05) is 9.80 Å². The summed E-state index contributed by atoms with van der Waals surface area (Å²) in [5, 5.41) is 7.36. The van der Waals surface area contributed by atoms with Gasteiger partial charge in [0.1, 0.15) is 11.2 Å². The minimum absolute atomic E-state index is 0.104. The van der Waals surface area contributed by atoms with Gasteiger partial charge in [-0.15, -0.1) is 22.7 Å². The number of anilines is 6. The molecule has 0 spiro atoms. The second-order valence-electron chi connectivity index (χ2n) is 30.5. The third-order valence-electron chi connectivity index (χ3n) is 24.3. The lowest BCUT2D eigenvalue weighted by atomic mass is 9.67. The molecule has 20 aromatic rings. The lowest BCUT2D eigenvalue weighted by Gasteiger charge is -2.33. The van der Waals surface area contributed by atoms with E-state index in [2.05, 4.69) is 412 Å². The number of rotatable bonds is 11. The standard InChI is InChI=1S/C58H41NS.C49H31NOS/c1-57(2)51-22-12-9-19-45(51)48-33-30-44(37-54(48)57)59(42-28-25-39(26-29-42)38-15-5-3-6-16-38)43-31-34-55-50(36-43)49-32-27-41(35-56(49)60-55)58(40-17-7-4-8-18-40)52-23-13-10-20-46(52)47-21-11-14-24-53(47)58;1-3-13-32(14-4-1)49(43-20-10-7-17-37(43)38-18-8-11-21-44(38)49)33-23-26-41-42-30-35(25-28-47(42)52-48(41)29-33)50(34-15-5-2-6-16-34)36-24-27-40-39-19-9-12-22-45(39)51-46(40)31-36/h3-37H,1-2H3;1-31H. The zero-order valence-electron chi connectivity index (χ0n) is 61.7. The van der Waals surface area contributed by atoms with Crippen molar-refractivity contribution in [3.8, 4) is 44.5 Å². The van der Waals surface area contributed by atoms with Crippen molar-refractivity contribution in [3.05, 3.63) is 456 Å². The first kappa shape index (κ1) is 65.6. The Bertz CT molecular complexity index is 7020. The summed E-state index contributed by atoms with van der Waals surface area (Å²) >= 11 is 3.77. The SMILES string of the molecule is CC1(C)c2ccccc2-c2ccc(N(c3ccc(-c4ccccc4)cc3)c3ccc4sc5cc(C6(c7ccccc7)c7ccccc7-c7ccccc76)ccc5c4c3)cc21.c1ccc(N(c2ccc3c(c2)oc2ccccc23)c2ccc3sc4cc(C5(c6ccccc6)c6ccccc6-c6ccccc65)ccc4c3c2)cc1. The first-order valence-electron chi connectivity index (χ1n) is 38.7. The summed E-state index contributed by atoms with van der Waals surface area (Å²) in [5.41, 5.74) is 31.2. The highest BCUT2D eigenvalue weighted by Gasteiger charge is 2.48. The van der Waals surface area contributed by atoms with Crippen LogP contribution in [0.3, 0.4) is 0 Å². The van der Waals surface area contributed by atoms with Crippen LogP contribution in [0.2, 0.25) is 0 Å². The third kappa shape index (κ3) is 10.0. The molecule has 0 bridgehead atoms. The maximum absolute atomic E-state index is 6.34. The van der Waals surface area contributed by atoms with Crippen molar-refractivity contribution in [2.24, 2.45) is 0 Å². The summed E-state index contributed by atoms with van der Waals surface area (Å²) in [6.45, 7) is 4.73. The highest BCUT2D eigenvalue weighted by Crippen LogP contribution is 2.60. The van der Waals surface area contributed by atoms with Crippen molar-refractivity contribution in [1.82, 2.24) is 0 Å². The molecule has 3 heterocycles. The molecular formula is C107H72N2OS2. The van der Waals surface area contributed by atoms with Gasteiger partial charge >= 0.3 is 0 Å². The van der Waals surface area contributed by atoms with Crippen LogP contribution in [0, 0.1) is 0 Å². The second kappa shape index (κ2) is 25.9. The minimum atomic E-state index is -0.423. The van der Waals surface area contributed by atoms with E-state index in [1.807, 2.05) is 34.8 Å². The summed E-state index contributed by atoms with van der Waals surface area (Å²) in [7, 11) is 0. The van der Waals surface area contributed by atoms with Crippen molar-refractivity contribution in [1.29, 1.82) is 0 Å². The molecule has 23 rings (SSSR count). The molecule has 112 heavy (non-hydrogen) atoms. The van der Waals surface area contributed by atoms with Gasteiger partial charge in [-0.1, -0.05) is 305 Å². The monoisotopic (exact) mass is 1460 g/mol. The number of furan rings is 1. The van der Waals surface area contributed by atoms with Crippen LogP contribution in [0.25, 0.3) is 107 Å². The number of hydrogen-bond donors (Lipinski definition) is 0. The van der Waals surface area contributed by atoms with Gasteiger partial charge in [-0.2, -0.15) is 0 Å². The van der Waals surface area contributed by atoms with Crippen LogP contribution < -0.4 is 9.80 Å². The van der Waals surface area contributed by atoms with Crippen LogP contribution in [0.4, 0.5) is 34.1 Å². The van der Waals surface area contributed by atoms with Crippen LogP contribution in [0.5, 0.6) is 0 Å². The van der Waals surface area contributed by atoms with Crippen LogP contribution in [0.15, 0.2) is 405 Å². The fourth-order valence-electron chi connectivity index (χ4n) is 19.3. The molecule has 0 saturated carbocycles. The highest BCUT2D eigenvalue weighted by atomic mass is 32.1. The van der Waals surface area contributed by atoms with E-state index in [0.29, 0.717) is 0 Å². The van der Waals surface area contributed by atoms with Gasteiger partial charge in [-0.05, 0) is 203 Å². The van der Waals surface area contributed by atoms with E-state index in [1.54, 1.807) is 0 Å². The summed E-state index contributed by atoms with van der Waals surface area (Å²) in [5.74, 6) is 0. The third-order valence-corrected chi connectivity index (χ3v) is 26.6. The predicted molar refractivity (Wildman–Crippen MR) is 473 cm³/mol. The van der Waals surface area contributed by atoms with Gasteiger partial charge in [-0.25, -0.2) is 0 Å². The molecular weight excluding hydrogens is 1390 g/mol. The molecule has 0 N–H and O–H groups in total.